The van der Waals surface area contributed by atoms with Crippen LogP contribution in [0.25, 0.3) is 0 Å². The van der Waals surface area contributed by atoms with E-state index in [0.29, 0.717) is 36.9 Å². The summed E-state index contributed by atoms with van der Waals surface area (Å²) < 4.78 is 11.5. The topological polar surface area (TPSA) is 67.9 Å². The van der Waals surface area contributed by atoms with Gasteiger partial charge >= 0.3 is 0 Å². The maximum absolute atomic E-state index is 12.7. The van der Waals surface area contributed by atoms with E-state index in [2.05, 4.69) is 17.4 Å². The summed E-state index contributed by atoms with van der Waals surface area (Å²) in [6, 6.07) is 24.9. The minimum Gasteiger partial charge on any atom is -0.491 e. The van der Waals surface area contributed by atoms with Crippen molar-refractivity contribution in [3.8, 4) is 11.5 Å². The summed E-state index contributed by atoms with van der Waals surface area (Å²) >= 11 is 0. The van der Waals surface area contributed by atoms with E-state index in [1.54, 1.807) is 11.0 Å². The second-order valence-electron chi connectivity index (χ2n) is 7.49. The van der Waals surface area contributed by atoms with Crippen molar-refractivity contribution in [1.82, 2.24) is 0 Å². The summed E-state index contributed by atoms with van der Waals surface area (Å²) in [7, 11) is 0. The lowest BCUT2D eigenvalue weighted by Gasteiger charge is -2.29. The number of benzene rings is 3. The molecule has 0 bridgehead atoms. The lowest BCUT2D eigenvalue weighted by molar-refractivity contribution is -0.122. The van der Waals surface area contributed by atoms with Gasteiger partial charge in [0.15, 0.2) is 0 Å². The molecule has 3 aromatic rings. The van der Waals surface area contributed by atoms with Crippen molar-refractivity contribution >= 4 is 23.2 Å². The molecule has 0 aromatic heterocycles. The van der Waals surface area contributed by atoms with Gasteiger partial charge in [0.25, 0.3) is 0 Å². The van der Waals surface area contributed by atoms with Gasteiger partial charge in [-0.3, -0.25) is 9.59 Å². The molecule has 0 radical (unpaired) electrons. The number of nitrogens with zero attached hydrogens (tertiary/aromatic N) is 1. The standard InChI is InChI=1S/C26H26N2O4/c29-25(14-15-26(30)28-17-19-32-24-13-7-5-11-22(24)28)27-21-10-4-6-12-23(21)31-18-16-20-8-2-1-3-9-20/h1-13H,14-19H2,(H,27,29). The SMILES string of the molecule is O=C(CCC(=O)N1CCOc2ccccc21)Nc1ccccc1OCCc1ccccc1. The fraction of sp³-hybridized carbons (Fsp3) is 0.231. The molecule has 1 aliphatic heterocycles. The smallest absolute Gasteiger partial charge is 0.227 e. The first-order valence-corrected chi connectivity index (χ1v) is 10.8. The first-order chi connectivity index (χ1) is 15.7. The Balaban J connectivity index is 1.29. The molecule has 6 nitrogen and oxygen atoms in total. The fourth-order valence-corrected chi connectivity index (χ4v) is 3.62. The summed E-state index contributed by atoms with van der Waals surface area (Å²) in [6.45, 7) is 1.43. The summed E-state index contributed by atoms with van der Waals surface area (Å²) in [5.41, 5.74) is 2.55. The zero-order valence-electron chi connectivity index (χ0n) is 17.8. The highest BCUT2D eigenvalue weighted by Crippen LogP contribution is 2.31. The molecular formula is C26H26N2O4. The highest BCUT2D eigenvalue weighted by Gasteiger charge is 2.23. The van der Waals surface area contributed by atoms with E-state index >= 15 is 0 Å². The van der Waals surface area contributed by atoms with Crippen molar-refractivity contribution in [2.75, 3.05) is 30.0 Å². The van der Waals surface area contributed by atoms with E-state index in [0.717, 1.165) is 12.1 Å². The average molecular weight is 431 g/mol. The van der Waals surface area contributed by atoms with Crippen LogP contribution < -0.4 is 19.7 Å². The van der Waals surface area contributed by atoms with Gasteiger partial charge in [0, 0.05) is 19.3 Å². The van der Waals surface area contributed by atoms with Crippen LogP contribution in [0.3, 0.4) is 0 Å². The molecule has 0 saturated carbocycles. The Morgan fingerprint density at radius 1 is 0.906 bits per heavy atom. The molecule has 6 heteroatoms. The number of nitrogens with one attached hydrogen (secondary N) is 1. The highest BCUT2D eigenvalue weighted by atomic mass is 16.5. The van der Waals surface area contributed by atoms with Crippen LogP contribution in [0.15, 0.2) is 78.9 Å². The summed E-state index contributed by atoms with van der Waals surface area (Å²) in [5, 5.41) is 2.88. The summed E-state index contributed by atoms with van der Waals surface area (Å²) in [5.74, 6) is 0.991. The maximum Gasteiger partial charge on any atom is 0.227 e. The van der Waals surface area contributed by atoms with Crippen LogP contribution in [0.5, 0.6) is 11.5 Å². The van der Waals surface area contributed by atoms with Crippen LogP contribution >= 0.6 is 0 Å². The van der Waals surface area contributed by atoms with Crippen LogP contribution in [0.1, 0.15) is 18.4 Å². The number of para-hydroxylation sites is 4. The first-order valence-electron chi connectivity index (χ1n) is 10.8. The molecule has 0 spiro atoms. The molecule has 2 amide bonds. The molecule has 0 aliphatic carbocycles. The van der Waals surface area contributed by atoms with Gasteiger partial charge in [-0.15, -0.1) is 0 Å². The Morgan fingerprint density at radius 2 is 1.66 bits per heavy atom. The Hall–Kier alpha value is -3.80. The van der Waals surface area contributed by atoms with Crippen molar-refractivity contribution in [2.45, 2.75) is 19.3 Å². The molecule has 0 saturated heterocycles. The molecule has 3 aromatic carbocycles. The van der Waals surface area contributed by atoms with Gasteiger partial charge in [0.1, 0.15) is 18.1 Å². The summed E-state index contributed by atoms with van der Waals surface area (Å²) in [4.78, 5) is 26.9. The van der Waals surface area contributed by atoms with E-state index in [4.69, 9.17) is 9.47 Å². The van der Waals surface area contributed by atoms with E-state index < -0.39 is 0 Å². The van der Waals surface area contributed by atoms with Crippen molar-refractivity contribution in [3.05, 3.63) is 84.4 Å². The lowest BCUT2D eigenvalue weighted by atomic mass is 10.2. The zero-order chi connectivity index (χ0) is 22.2. The van der Waals surface area contributed by atoms with Crippen molar-refractivity contribution in [3.63, 3.8) is 0 Å². The molecule has 0 fully saturated rings. The van der Waals surface area contributed by atoms with Crippen LogP contribution in [0.2, 0.25) is 0 Å². The number of hydrogen-bond donors (Lipinski definition) is 1. The zero-order valence-corrected chi connectivity index (χ0v) is 17.8. The third kappa shape index (κ3) is 5.46. The van der Waals surface area contributed by atoms with Crippen molar-refractivity contribution < 1.29 is 19.1 Å². The second-order valence-corrected chi connectivity index (χ2v) is 7.49. The van der Waals surface area contributed by atoms with Gasteiger partial charge in [-0.25, -0.2) is 0 Å². The third-order valence-corrected chi connectivity index (χ3v) is 5.25. The Bertz CT molecular complexity index is 1070. The summed E-state index contributed by atoms with van der Waals surface area (Å²) in [6.07, 6.45) is 0.993. The number of ether oxygens (including phenoxy) is 2. The Morgan fingerprint density at radius 3 is 2.53 bits per heavy atom. The quantitative estimate of drug-likeness (QED) is 0.573. The van der Waals surface area contributed by atoms with Gasteiger partial charge in [-0.05, 0) is 29.8 Å². The van der Waals surface area contributed by atoms with Crippen LogP contribution in [-0.4, -0.2) is 31.6 Å². The lowest BCUT2D eigenvalue weighted by Crippen LogP contribution is -2.38. The van der Waals surface area contributed by atoms with Crippen LogP contribution in [0.4, 0.5) is 11.4 Å². The number of amides is 2. The van der Waals surface area contributed by atoms with Gasteiger partial charge in [-0.1, -0.05) is 54.6 Å². The average Bonchev–Trinajstić information content (AvgIpc) is 2.84. The molecule has 1 heterocycles. The second kappa shape index (κ2) is 10.5. The first kappa shape index (κ1) is 21.4. The molecule has 0 atom stereocenters. The number of carbonyl (C=O) groups excluding carboxylic acids is 2. The van der Waals surface area contributed by atoms with Gasteiger partial charge < -0.3 is 19.7 Å². The fourth-order valence-electron chi connectivity index (χ4n) is 3.62. The van der Waals surface area contributed by atoms with Crippen molar-refractivity contribution in [2.24, 2.45) is 0 Å². The number of fused-ring (bicyclic) bond motifs is 1. The molecule has 164 valence electrons. The molecule has 0 unspecified atom stereocenters. The van der Waals surface area contributed by atoms with E-state index in [-0.39, 0.29) is 24.7 Å². The Kier molecular flexibility index (Phi) is 7.02. The molecular weight excluding hydrogens is 404 g/mol. The van der Waals surface area contributed by atoms with Gasteiger partial charge in [0.2, 0.25) is 11.8 Å². The highest BCUT2D eigenvalue weighted by molar-refractivity contribution is 5.99. The molecule has 1 aliphatic rings. The predicted molar refractivity (Wildman–Crippen MR) is 124 cm³/mol. The maximum atomic E-state index is 12.7. The molecule has 32 heavy (non-hydrogen) atoms. The number of rotatable bonds is 8. The van der Waals surface area contributed by atoms with E-state index in [1.807, 2.05) is 60.7 Å². The monoisotopic (exact) mass is 430 g/mol. The Labute approximate surface area is 187 Å². The number of anilines is 2. The van der Waals surface area contributed by atoms with Crippen LogP contribution in [0, 0.1) is 0 Å². The predicted octanol–water partition coefficient (Wildman–Crippen LogP) is 4.45. The number of carbonyl (C=O) groups is 2. The normalized spacial score (nSPS) is 12.4. The van der Waals surface area contributed by atoms with Crippen molar-refractivity contribution in [1.29, 1.82) is 0 Å². The molecule has 4 rings (SSSR count). The largest absolute Gasteiger partial charge is 0.491 e. The van der Waals surface area contributed by atoms with Gasteiger partial charge in [0.05, 0.1) is 24.5 Å². The van der Waals surface area contributed by atoms with Crippen LogP contribution in [-0.2, 0) is 16.0 Å². The minimum absolute atomic E-state index is 0.0940. The third-order valence-electron chi connectivity index (χ3n) is 5.25. The van der Waals surface area contributed by atoms with Gasteiger partial charge in [-0.2, -0.15) is 0 Å². The van der Waals surface area contributed by atoms with E-state index in [1.165, 1.54) is 5.56 Å². The molecule has 1 N–H and O–H groups in total. The minimum atomic E-state index is -0.223. The number of hydrogen-bond acceptors (Lipinski definition) is 4. The van der Waals surface area contributed by atoms with E-state index in [9.17, 15) is 9.59 Å².